The van der Waals surface area contributed by atoms with Crippen LogP contribution in [0.1, 0.15) is 11.1 Å². The molecule has 3 heteroatoms. The molecule has 0 saturated carbocycles. The molecule has 0 unspecified atom stereocenters. The zero-order valence-corrected chi connectivity index (χ0v) is 9.91. The van der Waals surface area contributed by atoms with Gasteiger partial charge in [-0.3, -0.25) is 4.79 Å². The van der Waals surface area contributed by atoms with Crippen LogP contribution in [0.25, 0.3) is 11.6 Å². The molecule has 1 aromatic carbocycles. The quantitative estimate of drug-likeness (QED) is 0.758. The van der Waals surface area contributed by atoms with Crippen molar-refractivity contribution in [3.63, 3.8) is 0 Å². The van der Waals surface area contributed by atoms with E-state index in [2.05, 4.69) is 0 Å². The summed E-state index contributed by atoms with van der Waals surface area (Å²) in [5, 5.41) is 0.667. The van der Waals surface area contributed by atoms with Crippen LogP contribution in [0.4, 0.5) is 0 Å². The molecule has 0 radical (unpaired) electrons. The second-order valence-electron chi connectivity index (χ2n) is 3.96. The molecule has 0 spiro atoms. The third-order valence-electron chi connectivity index (χ3n) is 2.96. The van der Waals surface area contributed by atoms with Crippen molar-refractivity contribution >= 4 is 29.0 Å². The van der Waals surface area contributed by atoms with Gasteiger partial charge in [-0.15, -0.1) is 0 Å². The van der Waals surface area contributed by atoms with Gasteiger partial charge in [0.2, 0.25) is 0 Å². The predicted molar refractivity (Wildman–Crippen MR) is 67.5 cm³/mol. The van der Waals surface area contributed by atoms with Crippen molar-refractivity contribution in [2.45, 2.75) is 0 Å². The van der Waals surface area contributed by atoms with Crippen LogP contribution in [-0.4, -0.2) is 12.9 Å². The first-order chi connectivity index (χ1) is 8.19. The molecule has 2 aliphatic carbocycles. The highest BCUT2D eigenvalue weighted by Crippen LogP contribution is 2.40. The number of fused-ring (bicyclic) bond motifs is 3. The lowest BCUT2D eigenvalue weighted by molar-refractivity contribution is -0.111. The topological polar surface area (TPSA) is 26.3 Å². The fourth-order valence-electron chi connectivity index (χ4n) is 2.13. The van der Waals surface area contributed by atoms with E-state index in [1.807, 2.05) is 30.4 Å². The fraction of sp³-hybridized carbons (Fsp3) is 0.0714. The standard InChI is InChI=1S/C14H9ClO2/c1-17-10-6-12-11-5-9(15)3-2-8(11)4-13(12)14(16)7-10/h2-7H,1H3. The molecule has 0 N–H and O–H groups in total. The van der Waals surface area contributed by atoms with Gasteiger partial charge in [-0.1, -0.05) is 17.7 Å². The highest BCUT2D eigenvalue weighted by molar-refractivity contribution is 6.31. The average Bonchev–Trinajstić information content (AvgIpc) is 2.68. The van der Waals surface area contributed by atoms with Crippen LogP contribution >= 0.6 is 11.6 Å². The largest absolute Gasteiger partial charge is 0.497 e. The maximum absolute atomic E-state index is 11.9. The number of rotatable bonds is 1. The van der Waals surface area contributed by atoms with Crippen LogP contribution < -0.4 is 0 Å². The Morgan fingerprint density at radius 2 is 1.94 bits per heavy atom. The van der Waals surface area contributed by atoms with Gasteiger partial charge in [0, 0.05) is 16.7 Å². The molecule has 2 aliphatic rings. The van der Waals surface area contributed by atoms with Crippen LogP contribution in [0, 0.1) is 0 Å². The molecule has 1 aromatic rings. The van der Waals surface area contributed by atoms with Gasteiger partial charge >= 0.3 is 0 Å². The van der Waals surface area contributed by atoms with E-state index in [1.165, 1.54) is 6.08 Å². The van der Waals surface area contributed by atoms with Crippen LogP contribution in [-0.2, 0) is 9.53 Å². The van der Waals surface area contributed by atoms with Crippen LogP contribution in [0.5, 0.6) is 0 Å². The van der Waals surface area contributed by atoms with Crippen molar-refractivity contribution in [2.75, 3.05) is 7.11 Å². The number of ether oxygens (including phenoxy) is 1. The van der Waals surface area contributed by atoms with E-state index in [4.69, 9.17) is 16.3 Å². The summed E-state index contributed by atoms with van der Waals surface area (Å²) < 4.78 is 5.12. The van der Waals surface area contributed by atoms with Gasteiger partial charge in [0.05, 0.1) is 7.11 Å². The molecule has 0 aliphatic heterocycles. The summed E-state index contributed by atoms with van der Waals surface area (Å²) in [5.41, 5.74) is 3.62. The Hall–Kier alpha value is -1.80. The van der Waals surface area contributed by atoms with Crippen molar-refractivity contribution in [1.29, 1.82) is 0 Å². The first-order valence-corrected chi connectivity index (χ1v) is 5.60. The first-order valence-electron chi connectivity index (χ1n) is 5.23. The maximum atomic E-state index is 11.9. The molecule has 0 fully saturated rings. The van der Waals surface area contributed by atoms with E-state index in [1.54, 1.807) is 7.11 Å². The van der Waals surface area contributed by atoms with E-state index in [0.29, 0.717) is 16.4 Å². The number of hydrogen-bond donors (Lipinski definition) is 0. The Kier molecular flexibility index (Phi) is 2.20. The van der Waals surface area contributed by atoms with Crippen LogP contribution in [0.3, 0.4) is 0 Å². The number of carbonyl (C=O) groups excluding carboxylic acids is 1. The summed E-state index contributed by atoms with van der Waals surface area (Å²) in [7, 11) is 1.55. The summed E-state index contributed by atoms with van der Waals surface area (Å²) >= 11 is 5.98. The molecular weight excluding hydrogens is 236 g/mol. The smallest absolute Gasteiger partial charge is 0.190 e. The van der Waals surface area contributed by atoms with Gasteiger partial charge in [0.25, 0.3) is 0 Å². The zero-order chi connectivity index (χ0) is 12.0. The summed E-state index contributed by atoms with van der Waals surface area (Å²) in [6.45, 7) is 0. The molecule has 0 heterocycles. The van der Waals surface area contributed by atoms with Crippen LogP contribution in [0.15, 0.2) is 41.7 Å². The number of methoxy groups -OCH3 is 1. The minimum Gasteiger partial charge on any atom is -0.497 e. The summed E-state index contributed by atoms with van der Waals surface area (Å²) in [5.74, 6) is 0.557. The van der Waals surface area contributed by atoms with Crippen molar-refractivity contribution in [3.05, 3.63) is 57.8 Å². The molecule has 0 atom stereocenters. The molecule has 0 bridgehead atoms. The van der Waals surface area contributed by atoms with Crippen molar-refractivity contribution in [2.24, 2.45) is 0 Å². The summed E-state index contributed by atoms with van der Waals surface area (Å²) in [6, 6.07) is 5.62. The monoisotopic (exact) mass is 244 g/mol. The Bertz CT molecular complexity index is 621. The molecule has 0 saturated heterocycles. The second kappa shape index (κ2) is 3.60. The van der Waals surface area contributed by atoms with Gasteiger partial charge in [-0.2, -0.15) is 0 Å². The fourth-order valence-corrected chi connectivity index (χ4v) is 2.31. The predicted octanol–water partition coefficient (Wildman–Crippen LogP) is 3.23. The van der Waals surface area contributed by atoms with Gasteiger partial charge in [0.15, 0.2) is 5.78 Å². The third-order valence-corrected chi connectivity index (χ3v) is 3.19. The van der Waals surface area contributed by atoms with E-state index in [-0.39, 0.29) is 5.78 Å². The molecular formula is C14H9ClO2. The lowest BCUT2D eigenvalue weighted by Gasteiger charge is -2.12. The molecule has 84 valence electrons. The zero-order valence-electron chi connectivity index (χ0n) is 9.16. The summed E-state index contributed by atoms with van der Waals surface area (Å²) in [6.07, 6.45) is 5.26. The van der Waals surface area contributed by atoms with E-state index < -0.39 is 0 Å². The van der Waals surface area contributed by atoms with Crippen molar-refractivity contribution in [1.82, 2.24) is 0 Å². The van der Waals surface area contributed by atoms with E-state index >= 15 is 0 Å². The number of carbonyl (C=O) groups is 1. The number of benzene rings is 1. The lowest BCUT2D eigenvalue weighted by atomic mass is 9.95. The summed E-state index contributed by atoms with van der Waals surface area (Å²) in [4.78, 5) is 11.9. The number of halogens is 1. The average molecular weight is 245 g/mol. The van der Waals surface area contributed by atoms with E-state index in [9.17, 15) is 4.79 Å². The van der Waals surface area contributed by atoms with Crippen LogP contribution in [0.2, 0.25) is 5.02 Å². The Balaban J connectivity index is 2.21. The van der Waals surface area contributed by atoms with Gasteiger partial charge in [-0.25, -0.2) is 0 Å². The number of hydrogen-bond acceptors (Lipinski definition) is 2. The van der Waals surface area contributed by atoms with Gasteiger partial charge in [0.1, 0.15) is 5.76 Å². The first kappa shape index (κ1) is 10.4. The van der Waals surface area contributed by atoms with Gasteiger partial charge < -0.3 is 4.74 Å². The minimum absolute atomic E-state index is 0.0216. The maximum Gasteiger partial charge on any atom is 0.190 e. The Labute approximate surface area is 104 Å². The molecule has 2 nitrogen and oxygen atoms in total. The highest BCUT2D eigenvalue weighted by Gasteiger charge is 2.26. The molecule has 3 rings (SSSR count). The third kappa shape index (κ3) is 1.53. The second-order valence-corrected chi connectivity index (χ2v) is 4.40. The number of allylic oxidation sites excluding steroid dienone is 4. The Morgan fingerprint density at radius 3 is 2.71 bits per heavy atom. The Morgan fingerprint density at radius 1 is 1.12 bits per heavy atom. The minimum atomic E-state index is -0.0216. The lowest BCUT2D eigenvalue weighted by Crippen LogP contribution is -2.05. The van der Waals surface area contributed by atoms with Crippen molar-refractivity contribution in [3.8, 4) is 0 Å². The normalized spacial score (nSPS) is 16.8. The SMILES string of the molecule is COC1=CC(=O)C2=Cc3ccc(Cl)cc3C2=C1. The molecule has 17 heavy (non-hydrogen) atoms. The molecule has 0 amide bonds. The van der Waals surface area contributed by atoms with Crippen molar-refractivity contribution < 1.29 is 9.53 Å². The van der Waals surface area contributed by atoms with E-state index in [0.717, 1.165) is 16.7 Å². The number of ketones is 1. The highest BCUT2D eigenvalue weighted by atomic mass is 35.5. The molecule has 0 aromatic heterocycles. The van der Waals surface area contributed by atoms with Gasteiger partial charge in [-0.05, 0) is 41.0 Å².